The van der Waals surface area contributed by atoms with Gasteiger partial charge in [0.15, 0.2) is 0 Å². The maximum atomic E-state index is 4.70. The Balaban J connectivity index is 0.000000254. The summed E-state index contributed by atoms with van der Waals surface area (Å²) in [6, 6.07) is 12.3. The van der Waals surface area contributed by atoms with E-state index in [-0.39, 0.29) is 61.7 Å². The van der Waals surface area contributed by atoms with Crippen LogP contribution >= 0.6 is 17.0 Å². The Morgan fingerprint density at radius 3 is 0.846 bits per heavy atom. The second kappa shape index (κ2) is 14.8. The number of nitrogens with zero attached hydrogens (tertiary/aromatic N) is 10. The zero-order valence-corrected chi connectivity index (χ0v) is 27.1. The zero-order chi connectivity index (χ0) is 25.1. The van der Waals surface area contributed by atoms with E-state index in [1.807, 2.05) is 24.3 Å². The molecule has 0 bridgehead atoms. The fraction of sp³-hybridized carbons (Fsp3) is 0.308. The van der Waals surface area contributed by atoms with Gasteiger partial charge in [0.05, 0.1) is 26.7 Å². The molecule has 0 aromatic carbocycles. The van der Waals surface area contributed by atoms with Gasteiger partial charge in [-0.1, -0.05) is 12.1 Å². The number of aromatic nitrogens is 2. The van der Waals surface area contributed by atoms with Gasteiger partial charge in [-0.2, -0.15) is 0 Å². The fourth-order valence-electron chi connectivity index (χ4n) is 4.17. The molecule has 2 aromatic heterocycles. The second-order valence-electron chi connectivity index (χ2n) is 9.37. The molecule has 4 aliphatic rings. The first-order valence-corrected chi connectivity index (χ1v) is 12.0. The van der Waals surface area contributed by atoms with Gasteiger partial charge in [-0.3, -0.25) is 0 Å². The largest absolute Gasteiger partial charge is 1.00 e. The van der Waals surface area contributed by atoms with E-state index >= 15 is 0 Å². The molecule has 0 amide bonds. The molecule has 0 atom stereocenters. The van der Waals surface area contributed by atoms with Crippen LogP contribution in [0.25, 0.3) is 0 Å². The summed E-state index contributed by atoms with van der Waals surface area (Å²) < 4.78 is 0. The molecule has 39 heavy (non-hydrogen) atoms. The van der Waals surface area contributed by atoms with Crippen molar-refractivity contribution < 1.29 is 44.8 Å². The molecular formula is C26H35Ag2BrN10+2. The van der Waals surface area contributed by atoms with Crippen LogP contribution in [0.3, 0.4) is 0 Å². The van der Waals surface area contributed by atoms with Gasteiger partial charge in [-0.05, 0) is 24.3 Å². The molecular weight excluding hydrogens is 748 g/mol. The Hall–Kier alpha value is -2.38. The van der Waals surface area contributed by atoms with Gasteiger partial charge in [0.1, 0.15) is 23.3 Å². The van der Waals surface area contributed by atoms with E-state index in [4.69, 9.17) is 9.97 Å². The van der Waals surface area contributed by atoms with Crippen LogP contribution < -0.4 is 19.6 Å². The van der Waals surface area contributed by atoms with E-state index < -0.39 is 0 Å². The summed E-state index contributed by atoms with van der Waals surface area (Å²) in [4.78, 5) is 26.4. The number of hydrogen-bond donors (Lipinski definition) is 0. The number of halogens is 1. The molecule has 0 aliphatic carbocycles. The summed E-state index contributed by atoms with van der Waals surface area (Å²) in [6.07, 6.45) is 16.4. The van der Waals surface area contributed by atoms with Gasteiger partial charge in [-0.25, -0.2) is 9.97 Å². The van der Waals surface area contributed by atoms with Gasteiger partial charge in [0.25, 0.3) is 0 Å². The SMILES string of the molecule is Br.CN1C=CN(c2cccc(N3C=CN(C)C3)n2)C1.CN1C=CN(c2cccc(N3C=CN(C)C3)n2)C1.[Ag+].[Ag+]. The summed E-state index contributed by atoms with van der Waals surface area (Å²) in [5.41, 5.74) is 0. The second-order valence-corrected chi connectivity index (χ2v) is 9.37. The van der Waals surface area contributed by atoms with E-state index in [0.717, 1.165) is 49.9 Å². The average molecular weight is 783 g/mol. The normalized spacial score (nSPS) is 16.9. The van der Waals surface area contributed by atoms with Crippen molar-refractivity contribution in [2.24, 2.45) is 0 Å². The Bertz CT molecular complexity index is 1020. The first-order chi connectivity index (χ1) is 17.4. The minimum atomic E-state index is 0. The molecule has 10 nitrogen and oxygen atoms in total. The van der Waals surface area contributed by atoms with Crippen molar-refractivity contribution in [3.63, 3.8) is 0 Å². The van der Waals surface area contributed by atoms with Crippen LogP contribution in [-0.4, -0.2) is 84.4 Å². The van der Waals surface area contributed by atoms with Gasteiger partial charge in [-0.15, -0.1) is 17.0 Å². The number of anilines is 4. The number of pyridine rings is 2. The minimum Gasteiger partial charge on any atom is -0.361 e. The van der Waals surface area contributed by atoms with Crippen molar-refractivity contribution in [1.29, 1.82) is 0 Å². The van der Waals surface area contributed by atoms with Crippen molar-refractivity contribution >= 4 is 40.3 Å². The smallest absolute Gasteiger partial charge is 0.361 e. The third-order valence-electron chi connectivity index (χ3n) is 6.12. The summed E-state index contributed by atoms with van der Waals surface area (Å²) >= 11 is 0. The van der Waals surface area contributed by atoms with Crippen LogP contribution in [0.4, 0.5) is 23.3 Å². The first-order valence-electron chi connectivity index (χ1n) is 12.0. The molecule has 0 N–H and O–H groups in total. The average Bonchev–Trinajstić information content (AvgIpc) is 3.69. The van der Waals surface area contributed by atoms with Crippen LogP contribution in [0.1, 0.15) is 0 Å². The molecule has 0 spiro atoms. The van der Waals surface area contributed by atoms with Crippen molar-refractivity contribution in [3.05, 3.63) is 86.0 Å². The molecule has 0 unspecified atom stereocenters. The Labute approximate surface area is 273 Å². The van der Waals surface area contributed by atoms with Crippen molar-refractivity contribution in [2.75, 3.05) is 74.5 Å². The van der Waals surface area contributed by atoms with Gasteiger partial charge in [0.2, 0.25) is 0 Å². The van der Waals surface area contributed by atoms with E-state index in [2.05, 4.69) is 129 Å². The number of hydrogen-bond acceptors (Lipinski definition) is 10. The van der Waals surface area contributed by atoms with E-state index in [1.54, 1.807) is 0 Å². The summed E-state index contributed by atoms with van der Waals surface area (Å²) in [5, 5.41) is 0. The summed E-state index contributed by atoms with van der Waals surface area (Å²) in [7, 11) is 8.22. The van der Waals surface area contributed by atoms with Crippen LogP contribution in [0.15, 0.2) is 86.0 Å². The molecule has 4 aliphatic heterocycles. The maximum Gasteiger partial charge on any atom is 1.00 e. The van der Waals surface area contributed by atoms with Gasteiger partial charge in [0, 0.05) is 77.8 Å². The van der Waals surface area contributed by atoms with Crippen LogP contribution in [0, 0.1) is 0 Å². The molecule has 0 radical (unpaired) electrons. The molecule has 0 saturated carbocycles. The zero-order valence-electron chi connectivity index (χ0n) is 22.4. The van der Waals surface area contributed by atoms with E-state index in [9.17, 15) is 0 Å². The molecule has 13 heteroatoms. The van der Waals surface area contributed by atoms with Crippen LogP contribution in [0.2, 0.25) is 0 Å². The summed E-state index contributed by atoms with van der Waals surface area (Å²) in [6.45, 7) is 3.41. The quantitative estimate of drug-likeness (QED) is 0.432. The van der Waals surface area contributed by atoms with Crippen molar-refractivity contribution in [1.82, 2.24) is 29.6 Å². The van der Waals surface area contributed by atoms with Crippen molar-refractivity contribution in [3.8, 4) is 0 Å². The molecule has 2 aromatic rings. The van der Waals surface area contributed by atoms with E-state index in [1.165, 1.54) is 0 Å². The van der Waals surface area contributed by atoms with Crippen LogP contribution in [0.5, 0.6) is 0 Å². The predicted molar refractivity (Wildman–Crippen MR) is 156 cm³/mol. The predicted octanol–water partition coefficient (Wildman–Crippen LogP) is 3.46. The molecule has 216 valence electrons. The fourth-order valence-corrected chi connectivity index (χ4v) is 4.17. The Kier molecular flexibility index (Phi) is 12.5. The molecule has 6 heterocycles. The van der Waals surface area contributed by atoms with Gasteiger partial charge >= 0.3 is 44.8 Å². The summed E-state index contributed by atoms with van der Waals surface area (Å²) in [5.74, 6) is 3.93. The first kappa shape index (κ1) is 32.8. The molecule has 6 rings (SSSR count). The monoisotopic (exact) mass is 780 g/mol. The third kappa shape index (κ3) is 8.31. The van der Waals surface area contributed by atoms with Crippen molar-refractivity contribution in [2.45, 2.75) is 0 Å². The molecule has 0 fully saturated rings. The topological polar surface area (TPSA) is 51.7 Å². The van der Waals surface area contributed by atoms with Crippen LogP contribution in [-0.2, 0) is 44.8 Å². The molecule has 0 saturated heterocycles. The Morgan fingerprint density at radius 1 is 0.436 bits per heavy atom. The minimum absolute atomic E-state index is 0. The Morgan fingerprint density at radius 2 is 0.667 bits per heavy atom. The van der Waals surface area contributed by atoms with Gasteiger partial charge < -0.3 is 39.2 Å². The van der Waals surface area contributed by atoms with E-state index in [0.29, 0.717) is 0 Å². The standard InChI is InChI=1S/2C13H17N5.2Ag.BrH/c2*1-15-6-8-17(10-15)12-4-3-5-13(14-12)18-9-7-16(2)11-18;;;/h2*3-9H,10-11H2,1-2H3;;;1H/q;;2*+1;. The maximum absolute atomic E-state index is 4.70. The number of rotatable bonds is 4. The third-order valence-corrected chi connectivity index (χ3v) is 6.12.